The zero-order valence-corrected chi connectivity index (χ0v) is 14.2. The Balaban J connectivity index is 1.38. The minimum Gasteiger partial charge on any atom is -0.482 e. The molecule has 1 amide bonds. The SMILES string of the molecule is O=C1COc2ccc(C(=O)CSc3nnc(NC4CC4)s3)cc2N1. The smallest absolute Gasteiger partial charge is 0.262 e. The van der Waals surface area contributed by atoms with Crippen LogP contribution in [0.3, 0.4) is 0 Å². The molecule has 2 aliphatic rings. The number of amides is 1. The quantitative estimate of drug-likeness (QED) is 0.602. The largest absolute Gasteiger partial charge is 0.482 e. The Morgan fingerprint density at radius 2 is 2.29 bits per heavy atom. The van der Waals surface area contributed by atoms with Gasteiger partial charge in [0, 0.05) is 11.6 Å². The predicted octanol–water partition coefficient (Wildman–Crippen LogP) is 2.42. The van der Waals surface area contributed by atoms with Gasteiger partial charge in [0.25, 0.3) is 5.91 Å². The highest BCUT2D eigenvalue weighted by Gasteiger charge is 2.23. The van der Waals surface area contributed by atoms with Gasteiger partial charge in [-0.15, -0.1) is 10.2 Å². The molecule has 0 saturated heterocycles. The van der Waals surface area contributed by atoms with Gasteiger partial charge in [0.1, 0.15) is 5.75 Å². The number of Topliss-reactive ketones (excluding diaryl/α,β-unsaturated/α-hetero) is 1. The molecule has 1 aromatic heterocycles. The normalized spacial score (nSPS) is 16.1. The topological polar surface area (TPSA) is 93.2 Å². The molecule has 7 nitrogen and oxygen atoms in total. The minimum absolute atomic E-state index is 0.00438. The van der Waals surface area contributed by atoms with Gasteiger partial charge < -0.3 is 15.4 Å². The molecule has 1 saturated carbocycles. The lowest BCUT2D eigenvalue weighted by atomic mass is 10.1. The highest BCUT2D eigenvalue weighted by atomic mass is 32.2. The minimum atomic E-state index is -0.217. The molecule has 2 N–H and O–H groups in total. The summed E-state index contributed by atoms with van der Waals surface area (Å²) in [5.41, 5.74) is 1.07. The molecule has 1 aliphatic carbocycles. The fourth-order valence-corrected chi connectivity index (χ4v) is 3.92. The Kier molecular flexibility index (Phi) is 4.11. The van der Waals surface area contributed by atoms with Crippen molar-refractivity contribution in [3.05, 3.63) is 23.8 Å². The molecule has 24 heavy (non-hydrogen) atoms. The third kappa shape index (κ3) is 3.51. The van der Waals surface area contributed by atoms with Gasteiger partial charge >= 0.3 is 0 Å². The summed E-state index contributed by atoms with van der Waals surface area (Å²) in [5.74, 6) is 0.602. The second-order valence-corrected chi connectivity index (χ2v) is 7.75. The maximum atomic E-state index is 12.3. The molecule has 2 aromatic rings. The first kappa shape index (κ1) is 15.4. The van der Waals surface area contributed by atoms with E-state index < -0.39 is 0 Å². The highest BCUT2D eigenvalue weighted by Crippen LogP contribution is 2.32. The first-order valence-electron chi connectivity index (χ1n) is 7.50. The van der Waals surface area contributed by atoms with Crippen LogP contribution in [0.15, 0.2) is 22.5 Å². The number of thioether (sulfide) groups is 1. The summed E-state index contributed by atoms with van der Waals surface area (Å²) >= 11 is 2.83. The number of ketones is 1. The van der Waals surface area contributed by atoms with Crippen LogP contribution in [0.1, 0.15) is 23.2 Å². The number of carbonyl (C=O) groups excluding carboxylic acids is 2. The van der Waals surface area contributed by atoms with Gasteiger partial charge in [-0.25, -0.2) is 0 Å². The van der Waals surface area contributed by atoms with Gasteiger partial charge in [0.15, 0.2) is 16.7 Å². The summed E-state index contributed by atoms with van der Waals surface area (Å²) in [6.07, 6.45) is 2.36. The van der Waals surface area contributed by atoms with E-state index in [0.29, 0.717) is 23.0 Å². The second-order valence-electron chi connectivity index (χ2n) is 5.55. The molecule has 124 valence electrons. The zero-order chi connectivity index (χ0) is 16.5. The lowest BCUT2D eigenvalue weighted by Crippen LogP contribution is -2.25. The lowest BCUT2D eigenvalue weighted by molar-refractivity contribution is -0.118. The summed E-state index contributed by atoms with van der Waals surface area (Å²) in [7, 11) is 0. The number of aromatic nitrogens is 2. The maximum Gasteiger partial charge on any atom is 0.262 e. The molecule has 1 aliphatic heterocycles. The first-order valence-corrected chi connectivity index (χ1v) is 9.30. The summed E-state index contributed by atoms with van der Waals surface area (Å²) < 4.78 is 6.05. The number of hydrogen-bond acceptors (Lipinski definition) is 8. The predicted molar refractivity (Wildman–Crippen MR) is 92.2 cm³/mol. The van der Waals surface area contributed by atoms with Crippen molar-refractivity contribution >= 4 is 45.6 Å². The van der Waals surface area contributed by atoms with Crippen LogP contribution in [0.25, 0.3) is 0 Å². The van der Waals surface area contributed by atoms with Crippen LogP contribution < -0.4 is 15.4 Å². The van der Waals surface area contributed by atoms with Gasteiger partial charge in [0.05, 0.1) is 11.4 Å². The second kappa shape index (κ2) is 6.40. The van der Waals surface area contributed by atoms with E-state index in [9.17, 15) is 9.59 Å². The number of nitrogens with zero attached hydrogens (tertiary/aromatic N) is 2. The molecule has 0 spiro atoms. The van der Waals surface area contributed by atoms with E-state index in [1.54, 1.807) is 18.2 Å². The molecule has 1 aromatic carbocycles. The van der Waals surface area contributed by atoms with E-state index in [-0.39, 0.29) is 24.1 Å². The summed E-state index contributed by atoms with van der Waals surface area (Å²) in [4.78, 5) is 23.7. The molecule has 0 unspecified atom stereocenters. The third-order valence-electron chi connectivity index (χ3n) is 3.57. The Hall–Kier alpha value is -2.13. The van der Waals surface area contributed by atoms with Crippen molar-refractivity contribution in [2.75, 3.05) is 23.0 Å². The molecule has 0 radical (unpaired) electrons. The lowest BCUT2D eigenvalue weighted by Gasteiger charge is -2.18. The van der Waals surface area contributed by atoms with Crippen molar-refractivity contribution in [1.82, 2.24) is 10.2 Å². The van der Waals surface area contributed by atoms with Gasteiger partial charge in [-0.1, -0.05) is 23.1 Å². The fourth-order valence-electron chi connectivity index (χ4n) is 2.20. The molecular weight excluding hydrogens is 348 g/mol. The molecule has 4 rings (SSSR count). The number of nitrogens with one attached hydrogen (secondary N) is 2. The monoisotopic (exact) mass is 362 g/mol. The summed E-state index contributed by atoms with van der Waals surface area (Å²) in [6, 6.07) is 5.59. The number of fused-ring (bicyclic) bond motifs is 1. The Labute approximate surface area is 146 Å². The molecule has 9 heteroatoms. The van der Waals surface area contributed by atoms with E-state index in [1.807, 2.05) is 0 Å². The fraction of sp³-hybridized carbons (Fsp3) is 0.333. The van der Waals surface area contributed by atoms with Gasteiger partial charge in [-0.05, 0) is 31.0 Å². The van der Waals surface area contributed by atoms with E-state index in [0.717, 1.165) is 9.47 Å². The van der Waals surface area contributed by atoms with Crippen LogP contribution >= 0.6 is 23.1 Å². The van der Waals surface area contributed by atoms with Crippen molar-refractivity contribution in [2.24, 2.45) is 0 Å². The molecule has 0 bridgehead atoms. The number of hydrogen-bond donors (Lipinski definition) is 2. The number of anilines is 2. The van der Waals surface area contributed by atoms with Crippen LogP contribution in [0.5, 0.6) is 5.75 Å². The zero-order valence-electron chi connectivity index (χ0n) is 12.6. The van der Waals surface area contributed by atoms with Crippen LogP contribution in [0, 0.1) is 0 Å². The molecule has 0 atom stereocenters. The average Bonchev–Trinajstić information content (AvgIpc) is 3.28. The van der Waals surface area contributed by atoms with E-state index in [1.165, 1.54) is 35.9 Å². The van der Waals surface area contributed by atoms with Crippen molar-refractivity contribution in [2.45, 2.75) is 23.2 Å². The van der Waals surface area contributed by atoms with Gasteiger partial charge in [-0.3, -0.25) is 9.59 Å². The first-order chi connectivity index (χ1) is 11.7. The van der Waals surface area contributed by atoms with Crippen LogP contribution in [-0.4, -0.2) is 40.3 Å². The van der Waals surface area contributed by atoms with Crippen molar-refractivity contribution in [3.8, 4) is 5.75 Å². The summed E-state index contributed by atoms with van der Waals surface area (Å²) in [6.45, 7) is 0.00438. The van der Waals surface area contributed by atoms with Crippen LogP contribution in [0.2, 0.25) is 0 Å². The number of ether oxygens (including phenoxy) is 1. The maximum absolute atomic E-state index is 12.3. The highest BCUT2D eigenvalue weighted by molar-refractivity contribution is 8.01. The standard InChI is InChI=1S/C15H14N4O3S2/c20-11(7-23-15-19-18-14(24-15)16-9-2-3-9)8-1-4-12-10(5-8)17-13(21)6-22-12/h1,4-5,9H,2-3,6-7H2,(H,16,18)(H,17,21). The van der Waals surface area contributed by atoms with Gasteiger partial charge in [0.2, 0.25) is 5.13 Å². The third-order valence-corrected chi connectivity index (χ3v) is 5.56. The number of carbonyl (C=O) groups is 2. The van der Waals surface area contributed by atoms with Crippen molar-refractivity contribution in [1.29, 1.82) is 0 Å². The van der Waals surface area contributed by atoms with Gasteiger partial charge in [-0.2, -0.15) is 0 Å². The molecule has 1 fully saturated rings. The Bertz CT molecular complexity index is 804. The molecular formula is C15H14N4O3S2. The Morgan fingerprint density at radius 1 is 1.42 bits per heavy atom. The number of rotatable bonds is 6. The van der Waals surface area contributed by atoms with E-state index >= 15 is 0 Å². The summed E-state index contributed by atoms with van der Waals surface area (Å²) in [5, 5.41) is 15.0. The van der Waals surface area contributed by atoms with E-state index in [2.05, 4.69) is 20.8 Å². The molecule has 2 heterocycles. The number of benzene rings is 1. The van der Waals surface area contributed by atoms with Crippen molar-refractivity contribution in [3.63, 3.8) is 0 Å². The van der Waals surface area contributed by atoms with E-state index in [4.69, 9.17) is 4.74 Å². The van der Waals surface area contributed by atoms with Crippen LogP contribution in [0.4, 0.5) is 10.8 Å². The van der Waals surface area contributed by atoms with Crippen molar-refractivity contribution < 1.29 is 14.3 Å². The van der Waals surface area contributed by atoms with Crippen LogP contribution in [-0.2, 0) is 4.79 Å². The average molecular weight is 362 g/mol. The Morgan fingerprint density at radius 3 is 3.12 bits per heavy atom.